The van der Waals surface area contributed by atoms with Gasteiger partial charge in [0.2, 0.25) is 11.8 Å². The van der Waals surface area contributed by atoms with Crippen molar-refractivity contribution >= 4 is 28.3 Å². The van der Waals surface area contributed by atoms with E-state index in [0.29, 0.717) is 17.7 Å². The number of ether oxygens (including phenoxy) is 2. The molecular weight excluding hydrogens is 405 g/mol. The molecule has 0 bridgehead atoms. The summed E-state index contributed by atoms with van der Waals surface area (Å²) < 4.78 is 12.7. The lowest BCUT2D eigenvalue weighted by Crippen LogP contribution is -2.48. The van der Waals surface area contributed by atoms with Crippen molar-refractivity contribution in [1.82, 2.24) is 9.97 Å². The highest BCUT2D eigenvalue weighted by Crippen LogP contribution is 2.34. The Morgan fingerprint density at radius 2 is 2.13 bits per heavy atom. The van der Waals surface area contributed by atoms with Crippen LogP contribution < -0.4 is 14.4 Å². The largest absolute Gasteiger partial charge is 0.480 e. The monoisotopic (exact) mass is 425 g/mol. The Bertz CT molecular complexity index is 651. The zero-order valence-corrected chi connectivity index (χ0v) is 15.4. The first-order valence-corrected chi connectivity index (χ1v) is 8.81. The van der Waals surface area contributed by atoms with Gasteiger partial charge in [0.05, 0.1) is 7.11 Å². The van der Waals surface area contributed by atoms with E-state index in [1.165, 1.54) is 0 Å². The first-order chi connectivity index (χ1) is 11.2. The average molecular weight is 425 g/mol. The molecule has 3 heterocycles. The summed E-state index contributed by atoms with van der Waals surface area (Å²) in [5.41, 5.74) is 0.970. The van der Waals surface area contributed by atoms with Gasteiger partial charge in [-0.1, -0.05) is 6.92 Å². The van der Waals surface area contributed by atoms with Crippen LogP contribution in [-0.2, 0) is 0 Å². The van der Waals surface area contributed by atoms with Crippen molar-refractivity contribution in [3.8, 4) is 11.8 Å². The molecule has 23 heavy (non-hydrogen) atoms. The Morgan fingerprint density at radius 1 is 1.26 bits per heavy atom. The van der Waals surface area contributed by atoms with Gasteiger partial charge >= 0.3 is 0 Å². The van der Waals surface area contributed by atoms with Crippen molar-refractivity contribution in [3.05, 3.63) is 40.2 Å². The minimum absolute atomic E-state index is 0.0746. The summed E-state index contributed by atoms with van der Waals surface area (Å²) in [6, 6.07) is 7.88. The van der Waals surface area contributed by atoms with Crippen molar-refractivity contribution in [2.24, 2.45) is 5.92 Å². The molecule has 2 unspecified atom stereocenters. The van der Waals surface area contributed by atoms with Crippen LogP contribution in [-0.4, -0.2) is 29.9 Å². The molecule has 3 rings (SSSR count). The van der Waals surface area contributed by atoms with E-state index in [0.717, 1.165) is 28.6 Å². The first-order valence-electron chi connectivity index (χ1n) is 7.73. The number of anilines is 1. The molecule has 0 amide bonds. The lowest BCUT2D eigenvalue weighted by atomic mass is 9.97. The first kappa shape index (κ1) is 16.3. The fourth-order valence-corrected chi connectivity index (χ4v) is 3.23. The van der Waals surface area contributed by atoms with Gasteiger partial charge in [-0.25, -0.2) is 9.97 Å². The molecule has 1 aliphatic heterocycles. The van der Waals surface area contributed by atoms with Crippen LogP contribution in [0, 0.1) is 9.49 Å². The highest BCUT2D eigenvalue weighted by atomic mass is 127. The molecule has 2 atom stereocenters. The van der Waals surface area contributed by atoms with Gasteiger partial charge in [-0.3, -0.25) is 0 Å². The smallest absolute Gasteiger partial charge is 0.237 e. The third-order valence-corrected chi connectivity index (χ3v) is 4.69. The normalized spacial score (nSPS) is 21.1. The molecule has 0 N–H and O–H groups in total. The summed E-state index contributed by atoms with van der Waals surface area (Å²) >= 11 is 2.24. The van der Waals surface area contributed by atoms with E-state index in [1.54, 1.807) is 13.3 Å². The minimum atomic E-state index is -0.0746. The van der Waals surface area contributed by atoms with Gasteiger partial charge in [0.15, 0.2) is 6.23 Å². The van der Waals surface area contributed by atoms with Crippen molar-refractivity contribution in [3.63, 3.8) is 0 Å². The summed E-state index contributed by atoms with van der Waals surface area (Å²) in [7, 11) is 1.65. The molecule has 1 fully saturated rings. The summed E-state index contributed by atoms with van der Waals surface area (Å²) in [5.74, 6) is 1.68. The number of pyridine rings is 2. The van der Waals surface area contributed by atoms with Crippen LogP contribution in [0.4, 0.5) is 5.69 Å². The third-order valence-electron chi connectivity index (χ3n) is 4.05. The Hall–Kier alpha value is -1.57. The van der Waals surface area contributed by atoms with Gasteiger partial charge in [0.25, 0.3) is 0 Å². The van der Waals surface area contributed by atoms with Crippen molar-refractivity contribution in [1.29, 1.82) is 0 Å². The van der Waals surface area contributed by atoms with Crippen LogP contribution >= 0.6 is 22.6 Å². The summed E-state index contributed by atoms with van der Waals surface area (Å²) in [6.07, 6.45) is 5.74. The maximum atomic E-state index is 6.22. The van der Waals surface area contributed by atoms with E-state index in [9.17, 15) is 0 Å². The van der Waals surface area contributed by atoms with E-state index in [4.69, 9.17) is 9.47 Å². The number of aromatic nitrogens is 2. The quantitative estimate of drug-likeness (QED) is 0.699. The van der Waals surface area contributed by atoms with E-state index in [2.05, 4.69) is 44.4 Å². The highest BCUT2D eigenvalue weighted by molar-refractivity contribution is 14.1. The standard InChI is InChI=1S/C17H20IN3O2/c1-12-5-4-10-21(14-6-3-9-19-16(14)22-2)17(12)23-15-8-7-13(18)11-20-15/h3,6-9,11-12,17H,4-5,10H2,1-2H3. The van der Waals surface area contributed by atoms with Crippen LogP contribution in [0.1, 0.15) is 19.8 Å². The van der Waals surface area contributed by atoms with E-state index < -0.39 is 0 Å². The molecule has 1 saturated heterocycles. The number of piperidine rings is 1. The Morgan fingerprint density at radius 3 is 2.87 bits per heavy atom. The van der Waals surface area contributed by atoms with Crippen LogP contribution in [0.2, 0.25) is 0 Å². The second-order valence-corrected chi connectivity index (χ2v) is 6.91. The number of nitrogens with zero attached hydrogens (tertiary/aromatic N) is 3. The maximum Gasteiger partial charge on any atom is 0.237 e. The summed E-state index contributed by atoms with van der Waals surface area (Å²) in [4.78, 5) is 10.9. The Kier molecular flexibility index (Phi) is 5.20. The average Bonchev–Trinajstić information content (AvgIpc) is 2.58. The fourth-order valence-electron chi connectivity index (χ4n) is 2.91. The van der Waals surface area contributed by atoms with Crippen molar-refractivity contribution in [2.45, 2.75) is 26.0 Å². The Balaban J connectivity index is 1.88. The van der Waals surface area contributed by atoms with E-state index in [1.807, 2.05) is 30.5 Å². The second-order valence-electron chi connectivity index (χ2n) is 5.67. The van der Waals surface area contributed by atoms with Crippen molar-refractivity contribution < 1.29 is 9.47 Å². The second kappa shape index (κ2) is 7.33. The number of hydrogen-bond acceptors (Lipinski definition) is 5. The lowest BCUT2D eigenvalue weighted by molar-refractivity contribution is 0.106. The van der Waals surface area contributed by atoms with Crippen LogP contribution in [0.3, 0.4) is 0 Å². The summed E-state index contributed by atoms with van der Waals surface area (Å²) in [6.45, 7) is 3.13. The number of hydrogen-bond donors (Lipinski definition) is 0. The zero-order valence-electron chi connectivity index (χ0n) is 13.3. The van der Waals surface area contributed by atoms with E-state index in [-0.39, 0.29) is 6.23 Å². The van der Waals surface area contributed by atoms with Gasteiger partial charge in [0, 0.05) is 34.5 Å². The molecule has 0 aromatic carbocycles. The molecule has 0 spiro atoms. The number of methoxy groups -OCH3 is 1. The topological polar surface area (TPSA) is 47.5 Å². The van der Waals surface area contributed by atoms with E-state index >= 15 is 0 Å². The number of rotatable bonds is 4. The molecule has 2 aromatic rings. The molecule has 6 heteroatoms. The molecule has 5 nitrogen and oxygen atoms in total. The molecule has 0 radical (unpaired) electrons. The lowest BCUT2D eigenvalue weighted by Gasteiger charge is -2.40. The zero-order chi connectivity index (χ0) is 16.2. The van der Waals surface area contributed by atoms with Crippen LogP contribution in [0.15, 0.2) is 36.7 Å². The van der Waals surface area contributed by atoms with Gasteiger partial charge in [0.1, 0.15) is 5.69 Å². The fraction of sp³-hybridized carbons (Fsp3) is 0.412. The van der Waals surface area contributed by atoms with Crippen LogP contribution in [0.25, 0.3) is 0 Å². The SMILES string of the molecule is COc1ncccc1N1CCCC(C)C1Oc1ccc(I)cn1. The van der Waals surface area contributed by atoms with Crippen molar-refractivity contribution in [2.75, 3.05) is 18.6 Å². The predicted molar refractivity (Wildman–Crippen MR) is 97.9 cm³/mol. The van der Waals surface area contributed by atoms with Gasteiger partial charge in [-0.05, 0) is 53.6 Å². The minimum Gasteiger partial charge on any atom is -0.480 e. The Labute approximate surface area is 150 Å². The molecular formula is C17H20IN3O2. The summed E-state index contributed by atoms with van der Waals surface area (Å²) in [5, 5.41) is 0. The van der Waals surface area contributed by atoms with Crippen LogP contribution in [0.5, 0.6) is 11.8 Å². The number of halogens is 1. The molecule has 122 valence electrons. The highest BCUT2D eigenvalue weighted by Gasteiger charge is 2.32. The predicted octanol–water partition coefficient (Wildman–Crippen LogP) is 3.73. The molecule has 1 aliphatic rings. The molecule has 0 aliphatic carbocycles. The van der Waals surface area contributed by atoms with Gasteiger partial charge < -0.3 is 14.4 Å². The third kappa shape index (κ3) is 3.68. The molecule has 2 aromatic heterocycles. The maximum absolute atomic E-state index is 6.22. The van der Waals surface area contributed by atoms with Gasteiger partial charge in [-0.2, -0.15) is 0 Å². The van der Waals surface area contributed by atoms with Gasteiger partial charge in [-0.15, -0.1) is 0 Å². The molecule has 0 saturated carbocycles.